The second kappa shape index (κ2) is 10.8. The van der Waals surface area contributed by atoms with Gasteiger partial charge in [0, 0.05) is 55.6 Å². The quantitative estimate of drug-likeness (QED) is 0.154. The highest BCUT2D eigenvalue weighted by molar-refractivity contribution is 7.00. The molecule has 294 valence electrons. The summed E-state index contributed by atoms with van der Waals surface area (Å²) < 4.78 is 2.69. The smallest absolute Gasteiger partial charge is 0.252 e. The molecule has 5 heterocycles. The Bertz CT molecular complexity index is 2810. The van der Waals surface area contributed by atoms with E-state index in [1.807, 2.05) is 0 Å². The van der Waals surface area contributed by atoms with E-state index in [1.165, 1.54) is 129 Å². The standard InChI is InChI=1S/C54H60BN3/c1-49(2,3)33-22-23-43-38(28-33)51(7)24-13-15-26-53(51,9)57(43)35-31-44-46-45(32-35)58-48-39(52(8)25-14-16-27-54(52,58)10)29-34(50(4,5)6)30-41(48)55(46)40-20-17-19-37-36-18-11-12-21-42(36)56(44)47(37)40/h11-12,17-23,28-32H,13-16,24-27H2,1-10H3. The van der Waals surface area contributed by atoms with E-state index in [0.29, 0.717) is 0 Å². The van der Waals surface area contributed by atoms with Gasteiger partial charge in [0.05, 0.1) is 16.6 Å². The number of hydrogen-bond donors (Lipinski definition) is 0. The molecule has 58 heavy (non-hydrogen) atoms. The van der Waals surface area contributed by atoms with Gasteiger partial charge >= 0.3 is 0 Å². The van der Waals surface area contributed by atoms with E-state index in [-0.39, 0.29) is 39.5 Å². The molecule has 4 heteroatoms. The number of benzene rings is 5. The van der Waals surface area contributed by atoms with Crippen LogP contribution in [-0.2, 0) is 21.7 Å². The number of para-hydroxylation sites is 2. The molecular weight excluding hydrogens is 701 g/mol. The third-order valence-corrected chi connectivity index (χ3v) is 17.6. The fourth-order valence-electron chi connectivity index (χ4n) is 13.9. The van der Waals surface area contributed by atoms with Gasteiger partial charge in [-0.05, 0) is 113 Å². The fourth-order valence-corrected chi connectivity index (χ4v) is 13.9. The zero-order chi connectivity index (χ0) is 40.1. The first-order valence-electron chi connectivity index (χ1n) is 22.7. The minimum absolute atomic E-state index is 0.0327. The summed E-state index contributed by atoms with van der Waals surface area (Å²) in [5.74, 6) is 0. The number of hydrogen-bond acceptors (Lipinski definition) is 2. The molecule has 4 unspecified atom stereocenters. The van der Waals surface area contributed by atoms with Gasteiger partial charge in [-0.1, -0.05) is 142 Å². The van der Waals surface area contributed by atoms with Gasteiger partial charge in [0.1, 0.15) is 0 Å². The van der Waals surface area contributed by atoms with Crippen molar-refractivity contribution in [3.8, 4) is 5.69 Å². The zero-order valence-electron chi connectivity index (χ0n) is 36.7. The Morgan fingerprint density at radius 3 is 1.88 bits per heavy atom. The van der Waals surface area contributed by atoms with Crippen molar-refractivity contribution in [3.63, 3.8) is 0 Å². The molecule has 1 aromatic heterocycles. The van der Waals surface area contributed by atoms with Crippen LogP contribution in [0.15, 0.2) is 84.9 Å². The largest absolute Gasteiger partial charge is 0.335 e. The summed E-state index contributed by atoms with van der Waals surface area (Å²) in [6, 6.07) is 34.6. The van der Waals surface area contributed by atoms with E-state index < -0.39 is 0 Å². The predicted molar refractivity (Wildman–Crippen MR) is 248 cm³/mol. The van der Waals surface area contributed by atoms with Crippen LogP contribution in [0.3, 0.4) is 0 Å². The Morgan fingerprint density at radius 2 is 1.16 bits per heavy atom. The second-order valence-corrected chi connectivity index (χ2v) is 22.4. The first kappa shape index (κ1) is 35.5. The van der Waals surface area contributed by atoms with Gasteiger partial charge in [-0.25, -0.2) is 0 Å². The van der Waals surface area contributed by atoms with E-state index in [2.05, 4.69) is 169 Å². The van der Waals surface area contributed by atoms with Crippen molar-refractivity contribution in [3.05, 3.63) is 107 Å². The maximum absolute atomic E-state index is 2.95. The normalized spacial score (nSPS) is 27.8. The lowest BCUT2D eigenvalue weighted by Crippen LogP contribution is -2.64. The zero-order valence-corrected chi connectivity index (χ0v) is 36.7. The van der Waals surface area contributed by atoms with Gasteiger partial charge < -0.3 is 14.4 Å². The first-order chi connectivity index (χ1) is 27.5. The lowest BCUT2D eigenvalue weighted by molar-refractivity contribution is 0.194. The van der Waals surface area contributed by atoms with Crippen molar-refractivity contribution in [1.82, 2.24) is 4.57 Å². The number of anilines is 4. The van der Waals surface area contributed by atoms with Crippen molar-refractivity contribution in [2.75, 3.05) is 9.80 Å². The van der Waals surface area contributed by atoms with Crippen LogP contribution in [-0.4, -0.2) is 22.4 Å². The molecule has 2 aliphatic carbocycles. The monoisotopic (exact) mass is 761 g/mol. The summed E-state index contributed by atoms with van der Waals surface area (Å²) in [6.07, 6.45) is 10.0. The summed E-state index contributed by atoms with van der Waals surface area (Å²) in [4.78, 5) is 5.81. The summed E-state index contributed by atoms with van der Waals surface area (Å²) in [5, 5.41) is 2.72. The van der Waals surface area contributed by atoms with Gasteiger partial charge in [-0.3, -0.25) is 0 Å². The van der Waals surface area contributed by atoms with E-state index in [0.717, 1.165) is 0 Å². The lowest BCUT2D eigenvalue weighted by atomic mass is 9.33. The van der Waals surface area contributed by atoms with Crippen molar-refractivity contribution >= 4 is 67.7 Å². The Kier molecular flexibility index (Phi) is 6.63. The number of fused-ring (bicyclic) bond motifs is 13. The average Bonchev–Trinajstić information content (AvgIpc) is 3.71. The Morgan fingerprint density at radius 1 is 0.534 bits per heavy atom. The highest BCUT2D eigenvalue weighted by Gasteiger charge is 2.62. The molecule has 2 saturated carbocycles. The van der Waals surface area contributed by atoms with Crippen LogP contribution in [0.4, 0.5) is 22.7 Å². The summed E-state index contributed by atoms with van der Waals surface area (Å²) in [6.45, 7) is 25.1. The van der Waals surface area contributed by atoms with Crippen LogP contribution in [0, 0.1) is 0 Å². The van der Waals surface area contributed by atoms with Crippen LogP contribution < -0.4 is 26.2 Å². The summed E-state index contributed by atoms with van der Waals surface area (Å²) >= 11 is 0. The van der Waals surface area contributed by atoms with Crippen LogP contribution in [0.2, 0.25) is 0 Å². The molecule has 0 saturated heterocycles. The molecule has 4 atom stereocenters. The molecule has 0 spiro atoms. The molecule has 5 aromatic carbocycles. The molecular formula is C54H60BN3. The van der Waals surface area contributed by atoms with Crippen molar-refractivity contribution in [2.24, 2.45) is 0 Å². The van der Waals surface area contributed by atoms with Crippen LogP contribution >= 0.6 is 0 Å². The molecule has 0 amide bonds. The minimum Gasteiger partial charge on any atom is -0.335 e. The summed E-state index contributed by atoms with van der Waals surface area (Å²) in [7, 11) is 0. The molecule has 0 N–H and O–H groups in total. The molecule has 4 aliphatic heterocycles. The highest BCUT2D eigenvalue weighted by Crippen LogP contribution is 2.64. The van der Waals surface area contributed by atoms with E-state index >= 15 is 0 Å². The van der Waals surface area contributed by atoms with Gasteiger partial charge in [0.25, 0.3) is 6.71 Å². The lowest BCUT2D eigenvalue weighted by Gasteiger charge is -2.53. The maximum atomic E-state index is 2.95. The number of rotatable bonds is 1. The third-order valence-electron chi connectivity index (χ3n) is 17.6. The Balaban J connectivity index is 1.23. The topological polar surface area (TPSA) is 11.4 Å². The van der Waals surface area contributed by atoms with Gasteiger partial charge in [0.15, 0.2) is 0 Å². The molecule has 0 radical (unpaired) electrons. The average molecular weight is 762 g/mol. The van der Waals surface area contributed by atoms with Crippen molar-refractivity contribution in [2.45, 2.75) is 153 Å². The molecule has 6 aromatic rings. The van der Waals surface area contributed by atoms with Gasteiger partial charge in [-0.15, -0.1) is 0 Å². The van der Waals surface area contributed by atoms with Crippen LogP contribution in [0.25, 0.3) is 27.5 Å². The van der Waals surface area contributed by atoms with Crippen LogP contribution in [0.1, 0.15) is 143 Å². The highest BCUT2D eigenvalue weighted by atomic mass is 15.3. The first-order valence-corrected chi connectivity index (χ1v) is 22.7. The molecule has 2 fully saturated rings. The molecule has 12 rings (SSSR count). The van der Waals surface area contributed by atoms with Crippen LogP contribution in [0.5, 0.6) is 0 Å². The second-order valence-electron chi connectivity index (χ2n) is 22.4. The van der Waals surface area contributed by atoms with Gasteiger partial charge in [-0.2, -0.15) is 0 Å². The molecule has 6 aliphatic rings. The molecule has 3 nitrogen and oxygen atoms in total. The van der Waals surface area contributed by atoms with Gasteiger partial charge in [0.2, 0.25) is 0 Å². The van der Waals surface area contributed by atoms with E-state index in [1.54, 1.807) is 11.1 Å². The minimum atomic E-state index is -0.0429. The Hall–Kier alpha value is -4.44. The third kappa shape index (κ3) is 4.00. The number of aromatic nitrogens is 1. The summed E-state index contributed by atoms with van der Waals surface area (Å²) in [5.41, 5.74) is 20.6. The molecule has 0 bridgehead atoms. The Labute approximate surface area is 346 Å². The van der Waals surface area contributed by atoms with E-state index in [9.17, 15) is 0 Å². The predicted octanol–water partition coefficient (Wildman–Crippen LogP) is 12.0. The fraction of sp³-hybridized carbons (Fsp3) is 0.444. The van der Waals surface area contributed by atoms with Crippen molar-refractivity contribution in [1.29, 1.82) is 0 Å². The van der Waals surface area contributed by atoms with Crippen molar-refractivity contribution < 1.29 is 0 Å². The SMILES string of the molecule is CC(C)(C)c1ccc2c(c1)C1(C)CCCCC1(C)N2c1cc2c3c(c1)-n1c4ccccc4c4cccc(c41)B3c1cc(C(C)(C)C)cc3c1N2C1(C)CCCCC31C. The maximum Gasteiger partial charge on any atom is 0.252 e. The number of nitrogens with zero attached hydrogens (tertiary/aromatic N) is 3. The van der Waals surface area contributed by atoms with E-state index in [4.69, 9.17) is 0 Å².